The molecule has 0 spiro atoms. The smallest absolute Gasteiger partial charge is 0.308 e. The summed E-state index contributed by atoms with van der Waals surface area (Å²) < 4.78 is 0. The van der Waals surface area contributed by atoms with E-state index < -0.39 is 11.9 Å². The molecule has 0 saturated carbocycles. The van der Waals surface area contributed by atoms with Crippen molar-refractivity contribution < 1.29 is 14.7 Å². The van der Waals surface area contributed by atoms with Gasteiger partial charge in [0.25, 0.3) is 5.91 Å². The van der Waals surface area contributed by atoms with Crippen LogP contribution in [-0.2, 0) is 4.79 Å². The number of hydrogen-bond acceptors (Lipinski definition) is 4. The van der Waals surface area contributed by atoms with Gasteiger partial charge in [-0.2, -0.15) is 0 Å². The van der Waals surface area contributed by atoms with Crippen LogP contribution in [0.2, 0.25) is 0 Å². The minimum Gasteiger partial charge on any atom is -0.481 e. The first-order valence-electron chi connectivity index (χ1n) is 6.60. The average Bonchev–Trinajstić information content (AvgIpc) is 2.42. The second kappa shape index (κ2) is 7.47. The van der Waals surface area contributed by atoms with E-state index in [9.17, 15) is 9.59 Å². The fraction of sp³-hybridized carbons (Fsp3) is 0.500. The Kier molecular flexibility index (Phi) is 5.96. The van der Waals surface area contributed by atoms with Crippen molar-refractivity contribution in [2.24, 2.45) is 5.92 Å². The van der Waals surface area contributed by atoms with Crippen LogP contribution in [0.1, 0.15) is 30.1 Å². The molecule has 0 aliphatic rings. The Bertz CT molecular complexity index is 474. The van der Waals surface area contributed by atoms with Crippen LogP contribution in [0.15, 0.2) is 18.3 Å². The summed E-state index contributed by atoms with van der Waals surface area (Å²) in [5, 5.41) is 11.7. The number of aliphatic carboxylic acids is 1. The molecule has 1 atom stereocenters. The van der Waals surface area contributed by atoms with Crippen LogP contribution >= 0.6 is 0 Å². The molecule has 0 aromatic carbocycles. The summed E-state index contributed by atoms with van der Waals surface area (Å²) in [6.07, 6.45) is 2.88. The van der Waals surface area contributed by atoms with Crippen molar-refractivity contribution in [2.45, 2.75) is 19.8 Å². The Morgan fingerprint density at radius 1 is 1.45 bits per heavy atom. The van der Waals surface area contributed by atoms with Crippen molar-refractivity contribution in [3.63, 3.8) is 0 Å². The first kappa shape index (κ1) is 15.9. The van der Waals surface area contributed by atoms with Gasteiger partial charge >= 0.3 is 5.97 Å². The minimum atomic E-state index is -0.879. The molecule has 20 heavy (non-hydrogen) atoms. The van der Waals surface area contributed by atoms with Crippen LogP contribution in [-0.4, -0.2) is 42.6 Å². The van der Waals surface area contributed by atoms with Crippen LogP contribution in [0, 0.1) is 5.92 Å². The van der Waals surface area contributed by atoms with Crippen LogP contribution in [0.3, 0.4) is 0 Å². The number of amides is 1. The molecule has 0 aliphatic carbocycles. The van der Waals surface area contributed by atoms with E-state index in [0.29, 0.717) is 17.8 Å². The maximum atomic E-state index is 12.0. The molecule has 0 fully saturated rings. The topological polar surface area (TPSA) is 82.5 Å². The zero-order valence-corrected chi connectivity index (χ0v) is 12.1. The largest absolute Gasteiger partial charge is 0.481 e. The van der Waals surface area contributed by atoms with Crippen LogP contribution in [0.25, 0.3) is 0 Å². The molecular weight excluding hydrogens is 258 g/mol. The number of carbonyl (C=O) groups is 2. The van der Waals surface area contributed by atoms with Crippen molar-refractivity contribution in [3.05, 3.63) is 23.9 Å². The number of aromatic nitrogens is 1. The molecule has 0 saturated heterocycles. The highest BCUT2D eigenvalue weighted by atomic mass is 16.4. The van der Waals surface area contributed by atoms with Gasteiger partial charge in [-0.3, -0.25) is 9.59 Å². The Hall–Kier alpha value is -2.11. The lowest BCUT2D eigenvalue weighted by Gasteiger charge is -2.14. The van der Waals surface area contributed by atoms with Crippen LogP contribution < -0.4 is 10.2 Å². The molecule has 1 heterocycles. The van der Waals surface area contributed by atoms with Crippen LogP contribution in [0.5, 0.6) is 0 Å². The standard InChI is InChI=1S/C14H21N3O3/c1-4-5-11(14(19)20)9-16-13(18)10-6-7-15-12(8-10)17(2)3/h6-8,11H,4-5,9H2,1-3H3,(H,16,18)(H,19,20). The number of carboxylic acid groups (broad SMARTS) is 1. The molecule has 1 unspecified atom stereocenters. The molecule has 1 aromatic rings. The van der Waals surface area contributed by atoms with Crippen molar-refractivity contribution in [1.29, 1.82) is 0 Å². The highest BCUT2D eigenvalue weighted by Crippen LogP contribution is 2.10. The maximum Gasteiger partial charge on any atom is 0.308 e. The van der Waals surface area contributed by atoms with Gasteiger partial charge in [0, 0.05) is 32.4 Å². The number of carbonyl (C=O) groups excluding carboxylic acids is 1. The van der Waals surface area contributed by atoms with Crippen molar-refractivity contribution in [2.75, 3.05) is 25.5 Å². The second-order valence-electron chi connectivity index (χ2n) is 4.83. The Labute approximate surface area is 118 Å². The van der Waals surface area contributed by atoms with Gasteiger partial charge in [0.2, 0.25) is 0 Å². The van der Waals surface area contributed by atoms with E-state index in [2.05, 4.69) is 10.3 Å². The van der Waals surface area contributed by atoms with Gasteiger partial charge in [0.1, 0.15) is 5.82 Å². The SMILES string of the molecule is CCCC(CNC(=O)c1ccnc(N(C)C)c1)C(=O)O. The lowest BCUT2D eigenvalue weighted by atomic mass is 10.0. The fourth-order valence-electron chi connectivity index (χ4n) is 1.78. The zero-order chi connectivity index (χ0) is 15.1. The third-order valence-corrected chi connectivity index (χ3v) is 2.96. The molecule has 1 amide bonds. The number of nitrogens with one attached hydrogen (secondary N) is 1. The maximum absolute atomic E-state index is 12.0. The third kappa shape index (κ3) is 4.53. The number of carboxylic acids is 1. The highest BCUT2D eigenvalue weighted by Gasteiger charge is 2.17. The van der Waals surface area contributed by atoms with Crippen LogP contribution in [0.4, 0.5) is 5.82 Å². The molecule has 1 rings (SSSR count). The summed E-state index contributed by atoms with van der Waals surface area (Å²) >= 11 is 0. The lowest BCUT2D eigenvalue weighted by molar-refractivity contribution is -0.141. The minimum absolute atomic E-state index is 0.141. The molecule has 1 aromatic heterocycles. The summed E-state index contributed by atoms with van der Waals surface area (Å²) in [6, 6.07) is 3.28. The predicted octanol–water partition coefficient (Wildman–Crippen LogP) is 1.38. The van der Waals surface area contributed by atoms with E-state index in [-0.39, 0.29) is 12.5 Å². The molecule has 0 aliphatic heterocycles. The predicted molar refractivity (Wildman–Crippen MR) is 76.9 cm³/mol. The van der Waals surface area contributed by atoms with Crippen molar-refractivity contribution in [1.82, 2.24) is 10.3 Å². The van der Waals surface area contributed by atoms with Gasteiger partial charge in [0.05, 0.1) is 5.92 Å². The molecule has 6 nitrogen and oxygen atoms in total. The summed E-state index contributed by atoms with van der Waals surface area (Å²) in [5.41, 5.74) is 0.476. The van der Waals surface area contributed by atoms with Gasteiger partial charge in [-0.15, -0.1) is 0 Å². The number of hydrogen-bond donors (Lipinski definition) is 2. The van der Waals surface area contributed by atoms with Crippen molar-refractivity contribution >= 4 is 17.7 Å². The highest BCUT2D eigenvalue weighted by molar-refractivity contribution is 5.95. The third-order valence-electron chi connectivity index (χ3n) is 2.96. The van der Waals surface area contributed by atoms with Gasteiger partial charge in [-0.25, -0.2) is 4.98 Å². The van der Waals surface area contributed by atoms with E-state index in [4.69, 9.17) is 5.11 Å². The fourth-order valence-corrected chi connectivity index (χ4v) is 1.78. The number of rotatable bonds is 7. The Morgan fingerprint density at radius 3 is 2.70 bits per heavy atom. The number of nitrogens with zero attached hydrogens (tertiary/aromatic N) is 2. The molecule has 6 heteroatoms. The van der Waals surface area contributed by atoms with E-state index in [1.165, 1.54) is 0 Å². The molecule has 110 valence electrons. The summed E-state index contributed by atoms with van der Waals surface area (Å²) in [7, 11) is 3.68. The van der Waals surface area contributed by atoms with Gasteiger partial charge in [-0.1, -0.05) is 13.3 Å². The summed E-state index contributed by atoms with van der Waals surface area (Å²) in [5.74, 6) is -1.02. The summed E-state index contributed by atoms with van der Waals surface area (Å²) in [6.45, 7) is 2.06. The monoisotopic (exact) mass is 279 g/mol. The second-order valence-corrected chi connectivity index (χ2v) is 4.83. The molecule has 0 bridgehead atoms. The first-order chi connectivity index (χ1) is 9.45. The number of pyridine rings is 1. The lowest BCUT2D eigenvalue weighted by Crippen LogP contribution is -2.33. The van der Waals surface area contributed by atoms with Gasteiger partial charge < -0.3 is 15.3 Å². The normalized spacial score (nSPS) is 11.8. The molecular formula is C14H21N3O3. The molecule has 2 N–H and O–H groups in total. The molecule has 0 radical (unpaired) electrons. The zero-order valence-electron chi connectivity index (χ0n) is 12.1. The van der Waals surface area contributed by atoms with Crippen molar-refractivity contribution in [3.8, 4) is 0 Å². The number of anilines is 1. The quantitative estimate of drug-likeness (QED) is 0.788. The Morgan fingerprint density at radius 2 is 2.15 bits per heavy atom. The van der Waals surface area contributed by atoms with Gasteiger partial charge in [-0.05, 0) is 18.6 Å². The van der Waals surface area contributed by atoms with E-state index in [1.807, 2.05) is 21.0 Å². The van der Waals surface area contributed by atoms with E-state index in [1.54, 1.807) is 23.2 Å². The van der Waals surface area contributed by atoms with Gasteiger partial charge in [0.15, 0.2) is 0 Å². The first-order valence-corrected chi connectivity index (χ1v) is 6.60. The summed E-state index contributed by atoms with van der Waals surface area (Å²) in [4.78, 5) is 28.9. The average molecular weight is 279 g/mol. The van der Waals surface area contributed by atoms with E-state index >= 15 is 0 Å². The Balaban J connectivity index is 2.66. The van der Waals surface area contributed by atoms with E-state index in [0.717, 1.165) is 6.42 Å².